The molecule has 2 aromatic carbocycles. The van der Waals surface area contributed by atoms with Gasteiger partial charge in [-0.05, 0) is 51.2 Å². The summed E-state index contributed by atoms with van der Waals surface area (Å²) < 4.78 is 11.0. The van der Waals surface area contributed by atoms with E-state index in [1.165, 1.54) is 0 Å². The molecule has 0 bridgehead atoms. The standard InChI is InChI=1S/C23H25N3O4S/c1-4-29-22(28)20-15(3)24-23(31)26-21(20)17-7-5-6-8-18(17)30-13-19(27)25-16-11-9-14(2)10-12-16/h5-12,21H,4,13H2,1-3H3,(H,25,27)(H2,24,26,31)/t21-/m0/s1. The molecule has 162 valence electrons. The largest absolute Gasteiger partial charge is 0.483 e. The predicted octanol–water partition coefficient (Wildman–Crippen LogP) is 3.37. The summed E-state index contributed by atoms with van der Waals surface area (Å²) in [6.45, 7) is 5.57. The van der Waals surface area contributed by atoms with Gasteiger partial charge in [0.05, 0.1) is 18.2 Å². The molecule has 0 fully saturated rings. The lowest BCUT2D eigenvalue weighted by Crippen LogP contribution is -2.45. The van der Waals surface area contributed by atoms with Crippen LogP contribution in [0.15, 0.2) is 59.8 Å². The van der Waals surface area contributed by atoms with E-state index in [-0.39, 0.29) is 19.1 Å². The van der Waals surface area contributed by atoms with E-state index >= 15 is 0 Å². The summed E-state index contributed by atoms with van der Waals surface area (Å²) in [6.07, 6.45) is 0. The van der Waals surface area contributed by atoms with Crippen molar-refractivity contribution < 1.29 is 19.1 Å². The molecule has 1 atom stereocenters. The highest BCUT2D eigenvalue weighted by atomic mass is 32.1. The first-order valence-corrected chi connectivity index (χ1v) is 10.3. The number of carbonyl (C=O) groups is 2. The third-order valence-corrected chi connectivity index (χ3v) is 4.91. The maximum atomic E-state index is 12.6. The van der Waals surface area contributed by atoms with E-state index in [1.807, 2.05) is 43.3 Å². The lowest BCUT2D eigenvalue weighted by molar-refractivity contribution is -0.139. The zero-order valence-electron chi connectivity index (χ0n) is 17.7. The third kappa shape index (κ3) is 5.61. The minimum Gasteiger partial charge on any atom is -0.483 e. The van der Waals surface area contributed by atoms with Gasteiger partial charge in [0.25, 0.3) is 5.91 Å². The normalized spacial score (nSPS) is 15.6. The van der Waals surface area contributed by atoms with E-state index in [9.17, 15) is 9.59 Å². The van der Waals surface area contributed by atoms with Crippen molar-refractivity contribution in [2.24, 2.45) is 0 Å². The Hall–Kier alpha value is -3.39. The number of rotatable bonds is 7. The van der Waals surface area contributed by atoms with Gasteiger partial charge in [-0.15, -0.1) is 0 Å². The van der Waals surface area contributed by atoms with Crippen molar-refractivity contribution >= 4 is 34.9 Å². The third-order valence-electron chi connectivity index (χ3n) is 4.69. The van der Waals surface area contributed by atoms with Crippen molar-refractivity contribution in [3.63, 3.8) is 0 Å². The molecule has 8 heteroatoms. The second-order valence-electron chi connectivity index (χ2n) is 7.03. The molecule has 1 aliphatic heterocycles. The van der Waals surface area contributed by atoms with Crippen LogP contribution in [0.1, 0.15) is 31.0 Å². The molecule has 0 saturated carbocycles. The minimum absolute atomic E-state index is 0.183. The van der Waals surface area contributed by atoms with Crippen LogP contribution in [0.2, 0.25) is 0 Å². The lowest BCUT2D eigenvalue weighted by atomic mass is 9.95. The number of anilines is 1. The van der Waals surface area contributed by atoms with Gasteiger partial charge in [-0.3, -0.25) is 4.79 Å². The smallest absolute Gasteiger partial charge is 0.338 e. The summed E-state index contributed by atoms with van der Waals surface area (Å²) in [5.74, 6) is -0.262. The number of thiocarbonyl (C=S) groups is 1. The number of hydrogen-bond acceptors (Lipinski definition) is 5. The van der Waals surface area contributed by atoms with Crippen LogP contribution in [0.5, 0.6) is 5.75 Å². The Balaban J connectivity index is 1.79. The zero-order valence-corrected chi connectivity index (χ0v) is 18.5. The van der Waals surface area contributed by atoms with Gasteiger partial charge in [-0.25, -0.2) is 4.79 Å². The molecule has 3 rings (SSSR count). The molecule has 0 unspecified atom stereocenters. The molecule has 3 N–H and O–H groups in total. The molecule has 0 spiro atoms. The molecule has 1 aliphatic rings. The van der Waals surface area contributed by atoms with Crippen molar-refractivity contribution in [1.82, 2.24) is 10.6 Å². The van der Waals surface area contributed by atoms with Crippen LogP contribution in [0, 0.1) is 6.92 Å². The second kappa shape index (κ2) is 10.1. The van der Waals surface area contributed by atoms with Crippen molar-refractivity contribution in [2.75, 3.05) is 18.5 Å². The monoisotopic (exact) mass is 439 g/mol. The summed E-state index contributed by atoms with van der Waals surface area (Å²) in [5, 5.41) is 9.26. The first kappa shape index (κ1) is 22.3. The molecule has 1 amide bonds. The second-order valence-corrected chi connectivity index (χ2v) is 7.44. The average molecular weight is 440 g/mol. The molecule has 0 radical (unpaired) electrons. The number of nitrogens with one attached hydrogen (secondary N) is 3. The molecule has 0 saturated heterocycles. The fourth-order valence-corrected chi connectivity index (χ4v) is 3.51. The average Bonchev–Trinajstić information content (AvgIpc) is 2.73. The van der Waals surface area contributed by atoms with Crippen LogP contribution in [-0.2, 0) is 14.3 Å². The van der Waals surface area contributed by atoms with Gasteiger partial charge >= 0.3 is 5.97 Å². The zero-order chi connectivity index (χ0) is 22.4. The van der Waals surface area contributed by atoms with Crippen LogP contribution >= 0.6 is 12.2 Å². The minimum atomic E-state index is -0.566. The molecule has 31 heavy (non-hydrogen) atoms. The summed E-state index contributed by atoms with van der Waals surface area (Å²) in [4.78, 5) is 24.9. The predicted molar refractivity (Wildman–Crippen MR) is 123 cm³/mol. The summed E-state index contributed by atoms with van der Waals surface area (Å²) >= 11 is 5.28. The van der Waals surface area contributed by atoms with Gasteiger partial charge in [0.1, 0.15) is 5.75 Å². The van der Waals surface area contributed by atoms with Gasteiger partial charge in [0, 0.05) is 16.9 Å². The summed E-state index contributed by atoms with van der Waals surface area (Å²) in [7, 11) is 0. The first-order chi connectivity index (χ1) is 14.9. The van der Waals surface area contributed by atoms with Crippen LogP contribution in [0.25, 0.3) is 0 Å². The highest BCUT2D eigenvalue weighted by Crippen LogP contribution is 2.33. The van der Waals surface area contributed by atoms with Gasteiger partial charge in [0.2, 0.25) is 0 Å². The lowest BCUT2D eigenvalue weighted by Gasteiger charge is -2.30. The number of aryl methyl sites for hydroxylation is 1. The first-order valence-electron chi connectivity index (χ1n) is 9.92. The highest BCUT2D eigenvalue weighted by molar-refractivity contribution is 7.80. The van der Waals surface area contributed by atoms with Crippen LogP contribution < -0.4 is 20.7 Å². The number of ether oxygens (including phenoxy) is 2. The van der Waals surface area contributed by atoms with Gasteiger partial charge in [-0.1, -0.05) is 35.9 Å². The van der Waals surface area contributed by atoms with E-state index in [1.54, 1.807) is 26.0 Å². The van der Waals surface area contributed by atoms with Crippen molar-refractivity contribution in [3.8, 4) is 5.75 Å². The van der Waals surface area contributed by atoms with Crippen LogP contribution in [-0.4, -0.2) is 30.2 Å². The number of hydrogen-bond donors (Lipinski definition) is 3. The molecule has 1 heterocycles. The number of para-hydroxylation sites is 1. The summed E-state index contributed by atoms with van der Waals surface area (Å²) in [6, 6.07) is 14.2. The van der Waals surface area contributed by atoms with Crippen molar-refractivity contribution in [2.45, 2.75) is 26.8 Å². The highest BCUT2D eigenvalue weighted by Gasteiger charge is 2.32. The number of benzene rings is 2. The van der Waals surface area contributed by atoms with Crippen LogP contribution in [0.3, 0.4) is 0 Å². The van der Waals surface area contributed by atoms with Gasteiger partial charge in [-0.2, -0.15) is 0 Å². The molecule has 2 aromatic rings. The Morgan fingerprint density at radius 2 is 1.81 bits per heavy atom. The van der Waals surface area contributed by atoms with E-state index < -0.39 is 12.0 Å². The quantitative estimate of drug-likeness (QED) is 0.450. The van der Waals surface area contributed by atoms with Crippen LogP contribution in [0.4, 0.5) is 5.69 Å². The van der Waals surface area contributed by atoms with E-state index in [0.717, 1.165) is 5.56 Å². The van der Waals surface area contributed by atoms with Gasteiger partial charge < -0.3 is 25.4 Å². The molecular formula is C23H25N3O4S. The molecule has 0 aliphatic carbocycles. The number of carbonyl (C=O) groups excluding carboxylic acids is 2. The number of allylic oxidation sites excluding steroid dienone is 1. The van der Waals surface area contributed by atoms with E-state index in [0.29, 0.717) is 33.4 Å². The number of amides is 1. The topological polar surface area (TPSA) is 88.7 Å². The summed E-state index contributed by atoms with van der Waals surface area (Å²) in [5.41, 5.74) is 3.50. The molecular weight excluding hydrogens is 414 g/mol. The maximum absolute atomic E-state index is 12.6. The Kier molecular flexibility index (Phi) is 7.25. The Morgan fingerprint density at radius 3 is 2.52 bits per heavy atom. The Morgan fingerprint density at radius 1 is 1.10 bits per heavy atom. The maximum Gasteiger partial charge on any atom is 0.338 e. The SMILES string of the molecule is CCOC(=O)C1=C(C)NC(=S)N[C@H]1c1ccccc1OCC(=O)Nc1ccc(C)cc1. The molecule has 7 nitrogen and oxygen atoms in total. The van der Waals surface area contributed by atoms with Gasteiger partial charge in [0.15, 0.2) is 11.7 Å². The fourth-order valence-electron chi connectivity index (χ4n) is 3.23. The Bertz CT molecular complexity index is 1020. The number of esters is 1. The Labute approximate surface area is 186 Å². The fraction of sp³-hybridized carbons (Fsp3) is 0.261. The molecule has 0 aromatic heterocycles. The van der Waals surface area contributed by atoms with E-state index in [2.05, 4.69) is 16.0 Å². The van der Waals surface area contributed by atoms with Crippen molar-refractivity contribution in [3.05, 3.63) is 70.9 Å². The van der Waals surface area contributed by atoms with E-state index in [4.69, 9.17) is 21.7 Å². The van der Waals surface area contributed by atoms with Crippen molar-refractivity contribution in [1.29, 1.82) is 0 Å².